The van der Waals surface area contributed by atoms with Gasteiger partial charge in [-0.25, -0.2) is 0 Å². The largest absolute Gasteiger partial charge is 0.465 e. The van der Waals surface area contributed by atoms with Crippen molar-refractivity contribution in [3.05, 3.63) is 127 Å². The van der Waals surface area contributed by atoms with Gasteiger partial charge in [-0.2, -0.15) is 0 Å². The molecule has 0 fully saturated rings. The molecule has 0 bridgehead atoms. The molecule has 0 saturated heterocycles. The molecule has 0 aliphatic heterocycles. The van der Waals surface area contributed by atoms with E-state index in [0.29, 0.717) is 0 Å². The second kappa shape index (κ2) is 8.25. The molecule has 0 saturated carbocycles. The molecular weight excluding hydrogens is 392 g/mol. The summed E-state index contributed by atoms with van der Waals surface area (Å²) >= 11 is 0. The lowest BCUT2D eigenvalue weighted by Gasteiger charge is -2.26. The predicted octanol–water partition coefficient (Wildman–Crippen LogP) is 5.71. The van der Waals surface area contributed by atoms with E-state index < -0.39 is 8.07 Å². The van der Waals surface area contributed by atoms with Crippen molar-refractivity contribution >= 4 is 23.8 Å². The van der Waals surface area contributed by atoms with Crippen LogP contribution in [0.2, 0.25) is 6.55 Å². The van der Waals surface area contributed by atoms with Gasteiger partial charge in [0.25, 0.3) is 0 Å². The highest BCUT2D eigenvalue weighted by atomic mass is 28.3. The minimum Gasteiger partial charge on any atom is -0.465 e. The van der Waals surface area contributed by atoms with Crippen LogP contribution in [-0.4, -0.2) is 8.07 Å². The summed E-state index contributed by atoms with van der Waals surface area (Å²) in [6, 6.07) is 44.9. The lowest BCUT2D eigenvalue weighted by Crippen LogP contribution is -2.64. The van der Waals surface area contributed by atoms with Crippen molar-refractivity contribution < 1.29 is 4.42 Å². The van der Waals surface area contributed by atoms with Crippen LogP contribution in [0, 0.1) is 0 Å². The van der Waals surface area contributed by atoms with Gasteiger partial charge in [-0.05, 0) is 22.0 Å². The van der Waals surface area contributed by atoms with Crippen molar-refractivity contribution in [1.29, 1.82) is 0 Å². The van der Waals surface area contributed by atoms with Crippen LogP contribution in [0.4, 0.5) is 0 Å². The van der Waals surface area contributed by atoms with E-state index in [4.69, 9.17) is 4.42 Å². The van der Waals surface area contributed by atoms with E-state index in [-0.39, 0.29) is 0 Å². The Morgan fingerprint density at radius 1 is 0.516 bits per heavy atom. The van der Waals surface area contributed by atoms with Crippen LogP contribution in [0.15, 0.2) is 132 Å². The first kappa shape index (κ1) is 19.3. The van der Waals surface area contributed by atoms with Crippen molar-refractivity contribution in [2.75, 3.05) is 0 Å². The molecule has 5 aromatic rings. The molecular formula is C29H24OSi. The average Bonchev–Trinajstić information content (AvgIpc) is 3.32. The van der Waals surface area contributed by atoms with Crippen molar-refractivity contribution in [2.24, 2.45) is 0 Å². The predicted molar refractivity (Wildman–Crippen MR) is 133 cm³/mol. The maximum atomic E-state index is 6.79. The van der Waals surface area contributed by atoms with E-state index >= 15 is 0 Å². The summed E-state index contributed by atoms with van der Waals surface area (Å²) in [6.45, 7) is 2.39. The summed E-state index contributed by atoms with van der Waals surface area (Å²) in [6.07, 6.45) is 0. The Morgan fingerprint density at radius 3 is 1.42 bits per heavy atom. The minimum atomic E-state index is -2.32. The number of hydrogen-bond acceptors (Lipinski definition) is 1. The molecule has 31 heavy (non-hydrogen) atoms. The molecule has 2 heteroatoms. The zero-order chi connectivity index (χ0) is 21.1. The Kier molecular flexibility index (Phi) is 5.15. The van der Waals surface area contributed by atoms with Crippen LogP contribution >= 0.6 is 0 Å². The second-order valence-corrected chi connectivity index (χ2v) is 11.8. The van der Waals surface area contributed by atoms with E-state index in [9.17, 15) is 0 Å². The van der Waals surface area contributed by atoms with Gasteiger partial charge in [-0.15, -0.1) is 0 Å². The van der Waals surface area contributed by atoms with Crippen LogP contribution < -0.4 is 15.8 Å². The molecule has 0 amide bonds. The minimum absolute atomic E-state index is 0.937. The lowest BCUT2D eigenvalue weighted by atomic mass is 10.0. The molecule has 4 aromatic carbocycles. The summed E-state index contributed by atoms with van der Waals surface area (Å²) in [5, 5.41) is 3.76. The Balaban J connectivity index is 1.78. The van der Waals surface area contributed by atoms with Gasteiger partial charge in [-0.1, -0.05) is 128 Å². The highest BCUT2D eigenvalue weighted by Crippen LogP contribution is 2.33. The number of benzene rings is 4. The average molecular weight is 417 g/mol. The highest BCUT2D eigenvalue weighted by molar-refractivity contribution is 7.10. The molecule has 0 aliphatic rings. The van der Waals surface area contributed by atoms with Gasteiger partial charge >= 0.3 is 0 Å². The van der Waals surface area contributed by atoms with Gasteiger partial charge in [0.05, 0.1) is 5.38 Å². The van der Waals surface area contributed by atoms with E-state index in [0.717, 1.165) is 22.3 Å². The maximum Gasteiger partial charge on any atom is 0.190 e. The summed E-state index contributed by atoms with van der Waals surface area (Å²) in [5.41, 5.74) is 3.42. The van der Waals surface area contributed by atoms with Gasteiger partial charge in [0.2, 0.25) is 0 Å². The highest BCUT2D eigenvalue weighted by Gasteiger charge is 2.38. The number of furan rings is 1. The van der Waals surface area contributed by atoms with E-state index in [2.05, 4.69) is 128 Å². The molecule has 0 radical (unpaired) electrons. The van der Waals surface area contributed by atoms with Crippen molar-refractivity contribution in [1.82, 2.24) is 0 Å². The summed E-state index contributed by atoms with van der Waals surface area (Å²) in [5.74, 6) is 0.937. The fourth-order valence-corrected chi connectivity index (χ4v) is 7.63. The van der Waals surface area contributed by atoms with Gasteiger partial charge in [0.1, 0.15) is 5.76 Å². The summed E-state index contributed by atoms with van der Waals surface area (Å²) in [7, 11) is -2.32. The first-order valence-electron chi connectivity index (χ1n) is 10.6. The van der Waals surface area contributed by atoms with Gasteiger partial charge in [-0.3, -0.25) is 0 Å². The topological polar surface area (TPSA) is 13.1 Å². The Bertz CT molecular complexity index is 1160. The lowest BCUT2D eigenvalue weighted by molar-refractivity contribution is 0.615. The van der Waals surface area contributed by atoms with Crippen molar-refractivity contribution in [3.63, 3.8) is 0 Å². The Morgan fingerprint density at radius 2 is 0.935 bits per heavy atom. The van der Waals surface area contributed by atoms with Crippen LogP contribution in [0.3, 0.4) is 0 Å². The third-order valence-corrected chi connectivity index (χ3v) is 10.3. The van der Waals surface area contributed by atoms with Crippen LogP contribution in [-0.2, 0) is 0 Å². The zero-order valence-electron chi connectivity index (χ0n) is 17.5. The molecule has 150 valence electrons. The monoisotopic (exact) mass is 416 g/mol. The molecule has 1 nitrogen and oxygen atoms in total. The first-order chi connectivity index (χ1) is 15.3. The van der Waals surface area contributed by atoms with E-state index in [1.54, 1.807) is 0 Å². The molecule has 0 atom stereocenters. The zero-order valence-corrected chi connectivity index (χ0v) is 18.5. The van der Waals surface area contributed by atoms with Crippen LogP contribution in [0.1, 0.15) is 0 Å². The fraction of sp³-hybridized carbons (Fsp3) is 0.0345. The van der Waals surface area contributed by atoms with Crippen LogP contribution in [0.5, 0.6) is 0 Å². The van der Waals surface area contributed by atoms with Gasteiger partial charge in [0, 0.05) is 11.1 Å². The standard InChI is InChI=1S/C29H24OSi/c1-31(25-18-10-4-11-19-25,26-20-12-5-13-21-26)28-22-27(23-14-6-2-7-15-23)29(30-28)24-16-8-3-9-17-24/h2-22H,1H3. The quantitative estimate of drug-likeness (QED) is 0.334. The first-order valence-corrected chi connectivity index (χ1v) is 13.1. The Labute approximate surface area is 184 Å². The second-order valence-electron chi connectivity index (χ2n) is 7.94. The molecule has 5 rings (SSSR count). The molecule has 1 heterocycles. The number of rotatable bonds is 5. The van der Waals surface area contributed by atoms with E-state index in [1.807, 2.05) is 6.07 Å². The third kappa shape index (κ3) is 3.56. The van der Waals surface area contributed by atoms with Gasteiger partial charge < -0.3 is 4.42 Å². The molecule has 0 unspecified atom stereocenters. The fourth-order valence-electron chi connectivity index (χ4n) is 4.27. The maximum absolute atomic E-state index is 6.79. The molecule has 0 N–H and O–H groups in total. The van der Waals surface area contributed by atoms with Gasteiger partial charge in [0.15, 0.2) is 8.07 Å². The smallest absolute Gasteiger partial charge is 0.190 e. The SMILES string of the molecule is C[Si](c1ccccc1)(c1ccccc1)c1cc(-c2ccccc2)c(-c2ccccc2)o1. The summed E-state index contributed by atoms with van der Waals surface area (Å²) in [4.78, 5) is 0. The van der Waals surface area contributed by atoms with Crippen LogP contribution in [0.25, 0.3) is 22.5 Å². The van der Waals surface area contributed by atoms with Crippen molar-refractivity contribution in [3.8, 4) is 22.5 Å². The van der Waals surface area contributed by atoms with E-state index in [1.165, 1.54) is 15.9 Å². The third-order valence-electron chi connectivity index (χ3n) is 6.05. The number of hydrogen-bond donors (Lipinski definition) is 0. The normalized spacial score (nSPS) is 11.4. The summed E-state index contributed by atoms with van der Waals surface area (Å²) < 4.78 is 6.79. The molecule has 0 aliphatic carbocycles. The Hall–Kier alpha value is -3.62. The molecule has 0 spiro atoms. The molecule has 1 aromatic heterocycles. The van der Waals surface area contributed by atoms with Crippen molar-refractivity contribution in [2.45, 2.75) is 6.55 Å².